The van der Waals surface area contributed by atoms with Gasteiger partial charge in [-0.2, -0.15) is 0 Å². The molecule has 200 valence electrons. The molecule has 2 aliphatic rings. The molecule has 0 aliphatic heterocycles. The summed E-state index contributed by atoms with van der Waals surface area (Å²) in [5.41, 5.74) is 4.75. The van der Waals surface area contributed by atoms with Gasteiger partial charge in [-0.1, -0.05) is 61.0 Å². The van der Waals surface area contributed by atoms with E-state index in [1.807, 2.05) is 48.5 Å². The number of nitrogens with one attached hydrogen (secondary N) is 2. The summed E-state index contributed by atoms with van der Waals surface area (Å²) in [5, 5.41) is 11.5. The molecule has 2 N–H and O–H groups in total. The molecule has 0 spiro atoms. The van der Waals surface area contributed by atoms with Gasteiger partial charge in [0.25, 0.3) is 0 Å². The second-order valence-electron chi connectivity index (χ2n) is 10.9. The van der Waals surface area contributed by atoms with Crippen molar-refractivity contribution < 1.29 is 9.18 Å². The SMILES string of the molecule is CN(C(=O)NC(CC1CCC2=CC(=Nc3ccc(F)cc3)C(C=N)CC21C)c1ccccc1)c1ccccc1. The number of anilines is 1. The molecule has 3 aromatic carbocycles. The van der Waals surface area contributed by atoms with E-state index in [9.17, 15) is 9.18 Å². The Labute approximate surface area is 230 Å². The highest BCUT2D eigenvalue weighted by molar-refractivity contribution is 6.08. The van der Waals surface area contributed by atoms with Gasteiger partial charge in [0.05, 0.1) is 11.7 Å². The number of benzene rings is 3. The van der Waals surface area contributed by atoms with Crippen LogP contribution in [0, 0.1) is 28.5 Å². The molecule has 0 aromatic heterocycles. The number of urea groups is 1. The number of para-hydroxylation sites is 1. The summed E-state index contributed by atoms with van der Waals surface area (Å²) in [5.74, 6) is -0.0599. The van der Waals surface area contributed by atoms with Crippen LogP contribution >= 0.6 is 0 Å². The van der Waals surface area contributed by atoms with Crippen molar-refractivity contribution in [1.82, 2.24) is 5.32 Å². The predicted molar refractivity (Wildman–Crippen MR) is 156 cm³/mol. The molecular formula is C33H35FN4O. The summed E-state index contributed by atoms with van der Waals surface area (Å²) in [4.78, 5) is 19.8. The van der Waals surface area contributed by atoms with Gasteiger partial charge in [-0.3, -0.25) is 9.89 Å². The third-order valence-corrected chi connectivity index (χ3v) is 8.50. The smallest absolute Gasteiger partial charge is 0.322 e. The molecule has 5 nitrogen and oxygen atoms in total. The zero-order valence-corrected chi connectivity index (χ0v) is 22.5. The first kappa shape index (κ1) is 26.5. The first-order valence-corrected chi connectivity index (χ1v) is 13.6. The van der Waals surface area contributed by atoms with Crippen LogP contribution in [-0.2, 0) is 0 Å². The summed E-state index contributed by atoms with van der Waals surface area (Å²) >= 11 is 0. The maximum atomic E-state index is 13.4. The van der Waals surface area contributed by atoms with E-state index in [1.165, 1.54) is 23.9 Å². The Morgan fingerprint density at radius 1 is 1.10 bits per heavy atom. The molecule has 2 aliphatic carbocycles. The average molecular weight is 523 g/mol. The lowest BCUT2D eigenvalue weighted by Crippen LogP contribution is -2.41. The normalized spacial score (nSPS) is 24.0. The Morgan fingerprint density at radius 2 is 1.77 bits per heavy atom. The van der Waals surface area contributed by atoms with E-state index < -0.39 is 0 Å². The largest absolute Gasteiger partial charge is 0.331 e. The minimum atomic E-state index is -0.286. The highest BCUT2D eigenvalue weighted by atomic mass is 19.1. The van der Waals surface area contributed by atoms with E-state index in [0.717, 1.165) is 42.6 Å². The van der Waals surface area contributed by atoms with Gasteiger partial charge >= 0.3 is 6.03 Å². The maximum absolute atomic E-state index is 13.4. The number of fused-ring (bicyclic) bond motifs is 1. The Morgan fingerprint density at radius 3 is 2.44 bits per heavy atom. The highest BCUT2D eigenvalue weighted by Gasteiger charge is 2.47. The Bertz CT molecular complexity index is 1370. The van der Waals surface area contributed by atoms with Crippen LogP contribution in [0.1, 0.15) is 44.2 Å². The molecular weight excluding hydrogens is 487 g/mol. The molecule has 0 heterocycles. The van der Waals surface area contributed by atoms with Crippen LogP contribution < -0.4 is 10.2 Å². The standard InChI is InChI=1S/C33H35FN4O/c1-33-21-24(22-35)31(36-28-17-15-27(34)16-18-28)20-26(33)14-13-25(33)19-30(23-9-5-3-6-10-23)37-32(39)38(2)29-11-7-4-8-12-29/h3-12,15-18,20,22,24-25,30,35H,13-14,19,21H2,1-2H3,(H,37,39). The topological polar surface area (TPSA) is 68.6 Å². The molecule has 0 bridgehead atoms. The summed E-state index contributed by atoms with van der Waals surface area (Å²) in [6.07, 6.45) is 7.25. The number of hydrogen-bond donors (Lipinski definition) is 2. The van der Waals surface area contributed by atoms with E-state index in [4.69, 9.17) is 10.4 Å². The van der Waals surface area contributed by atoms with Gasteiger partial charge in [0.1, 0.15) is 5.82 Å². The Kier molecular flexibility index (Phi) is 7.73. The van der Waals surface area contributed by atoms with Crippen molar-refractivity contribution in [3.63, 3.8) is 0 Å². The Balaban J connectivity index is 1.39. The van der Waals surface area contributed by atoms with Crippen molar-refractivity contribution >= 4 is 29.3 Å². The number of carbonyl (C=O) groups is 1. The van der Waals surface area contributed by atoms with Crippen molar-refractivity contribution in [3.05, 3.63) is 108 Å². The van der Waals surface area contributed by atoms with Gasteiger partial charge in [-0.05, 0) is 85.1 Å². The Hall–Kier alpha value is -4.06. The number of halogens is 1. The van der Waals surface area contributed by atoms with Crippen molar-refractivity contribution in [2.75, 3.05) is 11.9 Å². The fraction of sp³-hybridized carbons (Fsp3) is 0.303. The second kappa shape index (κ2) is 11.4. The minimum absolute atomic E-state index is 0.0902. The predicted octanol–water partition coefficient (Wildman–Crippen LogP) is 7.89. The molecule has 39 heavy (non-hydrogen) atoms. The van der Waals surface area contributed by atoms with Crippen molar-refractivity contribution in [2.24, 2.45) is 22.2 Å². The van der Waals surface area contributed by atoms with Crippen LogP contribution in [0.5, 0.6) is 0 Å². The summed E-state index contributed by atoms with van der Waals surface area (Å²) < 4.78 is 13.4. The minimum Gasteiger partial charge on any atom is -0.331 e. The first-order chi connectivity index (χ1) is 18.9. The number of amides is 2. The fourth-order valence-electron chi connectivity index (χ4n) is 6.14. The van der Waals surface area contributed by atoms with Crippen molar-refractivity contribution in [3.8, 4) is 0 Å². The molecule has 4 atom stereocenters. The van der Waals surface area contributed by atoms with E-state index in [-0.39, 0.29) is 29.2 Å². The summed E-state index contributed by atoms with van der Waals surface area (Å²) in [6.45, 7) is 2.31. The van der Waals surface area contributed by atoms with Crippen molar-refractivity contribution in [1.29, 1.82) is 5.41 Å². The van der Waals surface area contributed by atoms with Crippen LogP contribution in [0.2, 0.25) is 0 Å². The van der Waals surface area contributed by atoms with Crippen LogP contribution in [0.25, 0.3) is 0 Å². The lowest BCUT2D eigenvalue weighted by molar-refractivity contribution is 0.206. The van der Waals surface area contributed by atoms with Crippen LogP contribution in [0.15, 0.2) is 102 Å². The zero-order valence-electron chi connectivity index (χ0n) is 22.5. The van der Waals surface area contributed by atoms with E-state index in [0.29, 0.717) is 11.6 Å². The molecule has 5 rings (SSSR count). The molecule has 0 radical (unpaired) electrons. The van der Waals surface area contributed by atoms with Gasteiger partial charge in [0.2, 0.25) is 0 Å². The second-order valence-corrected chi connectivity index (χ2v) is 10.9. The molecule has 4 unspecified atom stereocenters. The molecule has 3 aromatic rings. The molecule has 2 amide bonds. The average Bonchev–Trinajstić information content (AvgIpc) is 3.28. The molecule has 1 saturated carbocycles. The quantitative estimate of drug-likeness (QED) is 0.304. The molecule has 1 fully saturated rings. The van der Waals surface area contributed by atoms with Gasteiger partial charge in [-0.15, -0.1) is 0 Å². The number of carbonyl (C=O) groups excluding carboxylic acids is 1. The van der Waals surface area contributed by atoms with Crippen LogP contribution in [0.4, 0.5) is 20.6 Å². The van der Waals surface area contributed by atoms with E-state index in [1.54, 1.807) is 24.1 Å². The number of rotatable bonds is 7. The van der Waals surface area contributed by atoms with Gasteiger partial charge in [0, 0.05) is 30.6 Å². The highest BCUT2D eigenvalue weighted by Crippen LogP contribution is 2.56. The van der Waals surface area contributed by atoms with Crippen LogP contribution in [-0.4, -0.2) is 25.0 Å². The fourth-order valence-corrected chi connectivity index (χ4v) is 6.14. The monoisotopic (exact) mass is 522 g/mol. The van der Waals surface area contributed by atoms with E-state index >= 15 is 0 Å². The summed E-state index contributed by atoms with van der Waals surface area (Å²) in [7, 11) is 1.79. The lowest BCUT2D eigenvalue weighted by atomic mass is 9.65. The van der Waals surface area contributed by atoms with Crippen LogP contribution in [0.3, 0.4) is 0 Å². The third kappa shape index (κ3) is 5.70. The number of nitrogens with zero attached hydrogens (tertiary/aromatic N) is 2. The molecule has 0 saturated heterocycles. The first-order valence-electron chi connectivity index (χ1n) is 13.6. The maximum Gasteiger partial charge on any atom is 0.322 e. The zero-order chi connectivity index (χ0) is 27.4. The summed E-state index contributed by atoms with van der Waals surface area (Å²) in [6, 6.07) is 25.7. The number of allylic oxidation sites excluding steroid dienone is 2. The number of hydrogen-bond acceptors (Lipinski definition) is 3. The van der Waals surface area contributed by atoms with Gasteiger partial charge in [0.15, 0.2) is 0 Å². The molecule has 6 heteroatoms. The van der Waals surface area contributed by atoms with Gasteiger partial charge < -0.3 is 10.7 Å². The number of aliphatic imine (C=N–C) groups is 1. The van der Waals surface area contributed by atoms with E-state index in [2.05, 4.69) is 30.4 Å². The van der Waals surface area contributed by atoms with Gasteiger partial charge in [-0.25, -0.2) is 9.18 Å². The van der Waals surface area contributed by atoms with Crippen molar-refractivity contribution in [2.45, 2.75) is 38.6 Å². The lowest BCUT2D eigenvalue weighted by Gasteiger charge is -2.40. The third-order valence-electron chi connectivity index (χ3n) is 8.50.